The Kier molecular flexibility index (Phi) is 3.77. The molecule has 1 aromatic carbocycles. The number of benzene rings is 1. The van der Waals surface area contributed by atoms with Gasteiger partial charge >= 0.3 is 0 Å². The molecule has 0 bridgehead atoms. The first-order chi connectivity index (χ1) is 6.24. The smallest absolute Gasteiger partial charge is 0.122 e. The Hall–Kier alpha value is -1.02. The molecular weight excluding hydrogens is 164 g/mol. The molecule has 0 radical (unpaired) electrons. The van der Waals surface area contributed by atoms with Gasteiger partial charge in [0.1, 0.15) is 5.75 Å². The van der Waals surface area contributed by atoms with Crippen molar-refractivity contribution in [2.24, 2.45) is 0 Å². The largest absolute Gasteiger partial charge is 0.494 e. The van der Waals surface area contributed by atoms with Crippen LogP contribution in [0.15, 0.2) is 24.3 Å². The highest BCUT2D eigenvalue weighted by Gasteiger charge is 2.04. The molecule has 0 aliphatic carbocycles. The molecule has 1 aromatic rings. The van der Waals surface area contributed by atoms with Gasteiger partial charge < -0.3 is 9.84 Å². The maximum absolute atomic E-state index is 9.24. The molecule has 0 aliphatic rings. The third-order valence-electron chi connectivity index (χ3n) is 1.79. The van der Waals surface area contributed by atoms with Crippen molar-refractivity contribution in [3.8, 4) is 5.75 Å². The van der Waals surface area contributed by atoms with E-state index in [2.05, 4.69) is 0 Å². The predicted molar refractivity (Wildman–Crippen MR) is 53.0 cm³/mol. The normalized spacial score (nSPS) is 12.5. The summed E-state index contributed by atoms with van der Waals surface area (Å²) in [6.07, 6.45) is 0.331. The number of ether oxygens (including phenoxy) is 1. The van der Waals surface area contributed by atoms with Gasteiger partial charge in [0.2, 0.25) is 0 Å². The van der Waals surface area contributed by atoms with Crippen LogP contribution in [0, 0.1) is 0 Å². The highest BCUT2D eigenvalue weighted by atomic mass is 16.5. The summed E-state index contributed by atoms with van der Waals surface area (Å²) in [5, 5.41) is 9.24. The maximum Gasteiger partial charge on any atom is 0.122 e. The van der Waals surface area contributed by atoms with Crippen LogP contribution in [0.4, 0.5) is 0 Å². The summed E-state index contributed by atoms with van der Waals surface area (Å²) in [6, 6.07) is 7.82. The molecule has 0 saturated heterocycles. The van der Waals surface area contributed by atoms with Gasteiger partial charge in [-0.15, -0.1) is 0 Å². The van der Waals surface area contributed by atoms with Crippen molar-refractivity contribution >= 4 is 0 Å². The third kappa shape index (κ3) is 3.07. The quantitative estimate of drug-likeness (QED) is 0.768. The van der Waals surface area contributed by atoms with Crippen molar-refractivity contribution in [2.45, 2.75) is 26.4 Å². The fourth-order valence-corrected chi connectivity index (χ4v) is 1.29. The Balaban J connectivity index is 2.78. The zero-order valence-electron chi connectivity index (χ0n) is 8.16. The first-order valence-corrected chi connectivity index (χ1v) is 4.62. The van der Waals surface area contributed by atoms with Gasteiger partial charge in [0.05, 0.1) is 12.7 Å². The average Bonchev–Trinajstić information content (AvgIpc) is 2.08. The molecule has 2 nitrogen and oxygen atoms in total. The number of aliphatic hydroxyl groups excluding tert-OH is 1. The lowest BCUT2D eigenvalue weighted by Crippen LogP contribution is -2.06. The van der Waals surface area contributed by atoms with Crippen molar-refractivity contribution in [2.75, 3.05) is 6.61 Å². The molecule has 13 heavy (non-hydrogen) atoms. The molecule has 1 N–H and O–H groups in total. The molecule has 72 valence electrons. The number of rotatable bonds is 4. The lowest BCUT2D eigenvalue weighted by molar-refractivity contribution is 0.193. The van der Waals surface area contributed by atoms with E-state index in [-0.39, 0.29) is 6.10 Å². The van der Waals surface area contributed by atoms with Crippen LogP contribution in [0.5, 0.6) is 5.75 Å². The number of aliphatic hydroxyl groups is 1. The Morgan fingerprint density at radius 2 is 2.08 bits per heavy atom. The summed E-state index contributed by atoms with van der Waals surface area (Å²) in [5.41, 5.74) is 1.07. The highest BCUT2D eigenvalue weighted by Crippen LogP contribution is 2.19. The molecule has 1 rings (SSSR count). The van der Waals surface area contributed by atoms with Crippen LogP contribution in [0.2, 0.25) is 0 Å². The summed E-state index contributed by atoms with van der Waals surface area (Å²) < 4.78 is 5.43. The Morgan fingerprint density at radius 1 is 1.38 bits per heavy atom. The van der Waals surface area contributed by atoms with Gasteiger partial charge in [-0.3, -0.25) is 0 Å². The predicted octanol–water partition coefficient (Wildman–Crippen LogP) is 2.01. The lowest BCUT2D eigenvalue weighted by atomic mass is 10.1. The van der Waals surface area contributed by atoms with Gasteiger partial charge in [-0.1, -0.05) is 18.2 Å². The average molecular weight is 180 g/mol. The van der Waals surface area contributed by atoms with Gasteiger partial charge in [0.25, 0.3) is 0 Å². The van der Waals surface area contributed by atoms with E-state index in [1.165, 1.54) is 0 Å². The fourth-order valence-electron chi connectivity index (χ4n) is 1.29. The SMILES string of the molecule is CCOc1ccccc1CC(C)O. The van der Waals surface area contributed by atoms with Crippen molar-refractivity contribution in [1.82, 2.24) is 0 Å². The summed E-state index contributed by atoms with van der Waals surface area (Å²) in [6.45, 7) is 4.40. The standard InChI is InChI=1S/C11H16O2/c1-3-13-11-7-5-4-6-10(11)8-9(2)12/h4-7,9,12H,3,8H2,1-2H3. The van der Waals surface area contributed by atoms with E-state index in [1.807, 2.05) is 31.2 Å². The number of hydrogen-bond donors (Lipinski definition) is 1. The van der Waals surface area contributed by atoms with Crippen LogP contribution in [-0.2, 0) is 6.42 Å². The molecular formula is C11H16O2. The summed E-state index contributed by atoms with van der Waals surface area (Å²) in [5.74, 6) is 0.880. The Morgan fingerprint density at radius 3 is 2.69 bits per heavy atom. The van der Waals surface area contributed by atoms with Crippen LogP contribution in [0.1, 0.15) is 19.4 Å². The first-order valence-electron chi connectivity index (χ1n) is 4.62. The van der Waals surface area contributed by atoms with Crippen LogP contribution < -0.4 is 4.74 Å². The summed E-state index contributed by atoms with van der Waals surface area (Å²) >= 11 is 0. The maximum atomic E-state index is 9.24. The number of para-hydroxylation sites is 1. The van der Waals surface area contributed by atoms with Crippen molar-refractivity contribution < 1.29 is 9.84 Å². The van der Waals surface area contributed by atoms with Gasteiger partial charge in [-0.25, -0.2) is 0 Å². The second kappa shape index (κ2) is 4.87. The van der Waals surface area contributed by atoms with Gasteiger partial charge in [0, 0.05) is 6.42 Å². The molecule has 0 amide bonds. The monoisotopic (exact) mass is 180 g/mol. The molecule has 1 atom stereocenters. The Bertz CT molecular complexity index is 256. The molecule has 0 heterocycles. The van der Waals surface area contributed by atoms with E-state index >= 15 is 0 Å². The topological polar surface area (TPSA) is 29.5 Å². The van der Waals surface area contributed by atoms with E-state index in [0.717, 1.165) is 11.3 Å². The van der Waals surface area contributed by atoms with E-state index in [4.69, 9.17) is 4.74 Å². The molecule has 0 saturated carbocycles. The van der Waals surface area contributed by atoms with E-state index < -0.39 is 0 Å². The summed E-state index contributed by atoms with van der Waals surface area (Å²) in [4.78, 5) is 0. The fraction of sp³-hybridized carbons (Fsp3) is 0.455. The highest BCUT2D eigenvalue weighted by molar-refractivity contribution is 5.33. The molecule has 2 heteroatoms. The van der Waals surface area contributed by atoms with Gasteiger partial charge in [-0.05, 0) is 25.5 Å². The minimum absolute atomic E-state index is 0.318. The van der Waals surface area contributed by atoms with Crippen LogP contribution in [0.25, 0.3) is 0 Å². The van der Waals surface area contributed by atoms with Crippen molar-refractivity contribution in [1.29, 1.82) is 0 Å². The minimum Gasteiger partial charge on any atom is -0.494 e. The first kappa shape index (κ1) is 10.1. The van der Waals surface area contributed by atoms with E-state index in [9.17, 15) is 5.11 Å². The Labute approximate surface area is 79.2 Å². The van der Waals surface area contributed by atoms with E-state index in [1.54, 1.807) is 6.92 Å². The molecule has 0 spiro atoms. The van der Waals surface area contributed by atoms with E-state index in [0.29, 0.717) is 13.0 Å². The van der Waals surface area contributed by atoms with Crippen LogP contribution in [-0.4, -0.2) is 17.8 Å². The lowest BCUT2D eigenvalue weighted by Gasteiger charge is -2.10. The van der Waals surface area contributed by atoms with Gasteiger partial charge in [-0.2, -0.15) is 0 Å². The number of hydrogen-bond acceptors (Lipinski definition) is 2. The van der Waals surface area contributed by atoms with Crippen LogP contribution >= 0.6 is 0 Å². The summed E-state index contributed by atoms with van der Waals surface area (Å²) in [7, 11) is 0. The second-order valence-corrected chi connectivity index (χ2v) is 3.09. The molecule has 0 fully saturated rings. The minimum atomic E-state index is -0.318. The zero-order chi connectivity index (χ0) is 9.68. The van der Waals surface area contributed by atoms with Crippen molar-refractivity contribution in [3.05, 3.63) is 29.8 Å². The second-order valence-electron chi connectivity index (χ2n) is 3.09. The molecule has 0 aromatic heterocycles. The third-order valence-corrected chi connectivity index (χ3v) is 1.79. The van der Waals surface area contributed by atoms with Gasteiger partial charge in [0.15, 0.2) is 0 Å². The van der Waals surface area contributed by atoms with Crippen molar-refractivity contribution in [3.63, 3.8) is 0 Å². The molecule has 0 aliphatic heterocycles. The zero-order valence-corrected chi connectivity index (χ0v) is 8.16. The van der Waals surface area contributed by atoms with Crippen LogP contribution in [0.3, 0.4) is 0 Å². The molecule has 1 unspecified atom stereocenters.